The van der Waals surface area contributed by atoms with Crippen molar-refractivity contribution in [3.8, 4) is 11.9 Å². The van der Waals surface area contributed by atoms with Crippen LogP contribution in [0.4, 0.5) is 5.69 Å². The Morgan fingerprint density at radius 3 is 2.70 bits per heavy atom. The summed E-state index contributed by atoms with van der Waals surface area (Å²) < 4.78 is 5.57. The Balaban J connectivity index is 2.07. The summed E-state index contributed by atoms with van der Waals surface area (Å²) in [5.41, 5.74) is 9.60. The Bertz CT molecular complexity index is 661. The van der Waals surface area contributed by atoms with Crippen LogP contribution in [0.2, 0.25) is 0 Å². The zero-order chi connectivity index (χ0) is 14.5. The van der Waals surface area contributed by atoms with Gasteiger partial charge in [-0.1, -0.05) is 18.2 Å². The number of hydrogen-bond acceptors (Lipinski definition) is 5. The largest absolute Gasteiger partial charge is 0.475 e. The van der Waals surface area contributed by atoms with Crippen LogP contribution in [0.3, 0.4) is 0 Å². The van der Waals surface area contributed by atoms with Crippen molar-refractivity contribution in [3.05, 3.63) is 46.6 Å². The molecule has 102 valence electrons. The van der Waals surface area contributed by atoms with Gasteiger partial charge in [0.1, 0.15) is 11.6 Å². The van der Waals surface area contributed by atoms with Crippen molar-refractivity contribution in [2.75, 3.05) is 12.3 Å². The van der Waals surface area contributed by atoms with Crippen LogP contribution in [0.25, 0.3) is 0 Å². The number of aryl methyl sites for hydroxylation is 1. The topological polar surface area (TPSA) is 84.8 Å². The SMILES string of the molecule is Cc1nnc(OCCc2ccccc2N)c(C#N)c1C. The molecular formula is C15H16N4O. The van der Waals surface area contributed by atoms with Gasteiger partial charge in [-0.05, 0) is 31.0 Å². The van der Waals surface area contributed by atoms with E-state index in [-0.39, 0.29) is 5.88 Å². The average molecular weight is 268 g/mol. The molecule has 1 aromatic carbocycles. The number of para-hydroxylation sites is 1. The first-order valence-electron chi connectivity index (χ1n) is 6.33. The molecule has 2 aromatic rings. The van der Waals surface area contributed by atoms with Crippen LogP contribution in [-0.2, 0) is 6.42 Å². The number of aromatic nitrogens is 2. The van der Waals surface area contributed by atoms with Gasteiger partial charge in [-0.25, -0.2) is 0 Å². The lowest BCUT2D eigenvalue weighted by molar-refractivity contribution is 0.304. The molecule has 0 bridgehead atoms. The zero-order valence-electron chi connectivity index (χ0n) is 11.6. The van der Waals surface area contributed by atoms with E-state index >= 15 is 0 Å². The molecule has 0 fully saturated rings. The van der Waals surface area contributed by atoms with E-state index < -0.39 is 0 Å². The summed E-state index contributed by atoms with van der Waals surface area (Å²) in [6.07, 6.45) is 0.659. The fraction of sp³-hybridized carbons (Fsp3) is 0.267. The predicted molar refractivity (Wildman–Crippen MR) is 76.3 cm³/mol. The van der Waals surface area contributed by atoms with E-state index in [1.54, 1.807) is 0 Å². The van der Waals surface area contributed by atoms with Gasteiger partial charge in [-0.15, -0.1) is 5.10 Å². The molecule has 1 aromatic heterocycles. The quantitative estimate of drug-likeness (QED) is 0.859. The minimum Gasteiger partial charge on any atom is -0.475 e. The van der Waals surface area contributed by atoms with Crippen LogP contribution in [0.1, 0.15) is 22.4 Å². The third kappa shape index (κ3) is 2.86. The number of ether oxygens (including phenoxy) is 1. The van der Waals surface area contributed by atoms with E-state index in [2.05, 4.69) is 16.3 Å². The summed E-state index contributed by atoms with van der Waals surface area (Å²) in [5.74, 6) is 0.283. The fourth-order valence-electron chi connectivity index (χ4n) is 1.84. The molecule has 0 unspecified atom stereocenters. The highest BCUT2D eigenvalue weighted by molar-refractivity contribution is 5.47. The van der Waals surface area contributed by atoms with Gasteiger partial charge in [-0.2, -0.15) is 10.4 Å². The monoisotopic (exact) mass is 268 g/mol. The van der Waals surface area contributed by atoms with Gasteiger partial charge in [0, 0.05) is 12.1 Å². The summed E-state index contributed by atoms with van der Waals surface area (Å²) in [6, 6.07) is 9.74. The zero-order valence-corrected chi connectivity index (χ0v) is 11.6. The Hall–Kier alpha value is -2.61. The second-order valence-corrected chi connectivity index (χ2v) is 4.50. The van der Waals surface area contributed by atoms with E-state index in [0.717, 1.165) is 22.5 Å². The maximum Gasteiger partial charge on any atom is 0.251 e. The van der Waals surface area contributed by atoms with Crippen molar-refractivity contribution in [2.45, 2.75) is 20.3 Å². The lowest BCUT2D eigenvalue weighted by Gasteiger charge is -2.09. The van der Waals surface area contributed by atoms with E-state index in [0.29, 0.717) is 18.6 Å². The van der Waals surface area contributed by atoms with Crippen LogP contribution in [0.15, 0.2) is 24.3 Å². The molecular weight excluding hydrogens is 252 g/mol. The summed E-state index contributed by atoms with van der Waals surface area (Å²) in [7, 11) is 0. The van der Waals surface area contributed by atoms with Crippen molar-refractivity contribution in [3.63, 3.8) is 0 Å². The summed E-state index contributed by atoms with van der Waals surface area (Å²) >= 11 is 0. The van der Waals surface area contributed by atoms with Crippen molar-refractivity contribution in [2.24, 2.45) is 0 Å². The summed E-state index contributed by atoms with van der Waals surface area (Å²) in [5, 5.41) is 17.1. The van der Waals surface area contributed by atoms with E-state index in [1.807, 2.05) is 38.1 Å². The van der Waals surface area contributed by atoms with Gasteiger partial charge in [0.05, 0.1) is 12.3 Å². The molecule has 0 aliphatic rings. The molecule has 20 heavy (non-hydrogen) atoms. The van der Waals surface area contributed by atoms with E-state index in [1.165, 1.54) is 0 Å². The van der Waals surface area contributed by atoms with E-state index in [4.69, 9.17) is 15.7 Å². The predicted octanol–water partition coefficient (Wildman–Crippen LogP) is 2.17. The second-order valence-electron chi connectivity index (χ2n) is 4.50. The van der Waals surface area contributed by atoms with Crippen LogP contribution >= 0.6 is 0 Å². The van der Waals surface area contributed by atoms with Crippen LogP contribution in [0.5, 0.6) is 5.88 Å². The molecule has 0 atom stereocenters. The number of nitriles is 1. The maximum atomic E-state index is 9.17. The van der Waals surface area contributed by atoms with Crippen molar-refractivity contribution in [1.29, 1.82) is 5.26 Å². The fourth-order valence-corrected chi connectivity index (χ4v) is 1.84. The number of benzene rings is 1. The highest BCUT2D eigenvalue weighted by Crippen LogP contribution is 2.19. The number of nitrogens with zero attached hydrogens (tertiary/aromatic N) is 3. The van der Waals surface area contributed by atoms with Crippen molar-refractivity contribution < 1.29 is 4.74 Å². The molecule has 0 saturated carbocycles. The number of anilines is 1. The Kier molecular flexibility index (Phi) is 4.16. The molecule has 5 heteroatoms. The van der Waals surface area contributed by atoms with Gasteiger partial charge in [0.2, 0.25) is 0 Å². The lowest BCUT2D eigenvalue weighted by Crippen LogP contribution is -2.08. The number of nitrogen functional groups attached to an aromatic ring is 1. The molecule has 2 rings (SSSR count). The number of nitrogens with two attached hydrogens (primary N) is 1. The maximum absolute atomic E-state index is 9.17. The molecule has 0 amide bonds. The van der Waals surface area contributed by atoms with Crippen molar-refractivity contribution in [1.82, 2.24) is 10.2 Å². The molecule has 1 heterocycles. The molecule has 0 aliphatic heterocycles. The third-order valence-electron chi connectivity index (χ3n) is 3.20. The highest BCUT2D eigenvalue weighted by Gasteiger charge is 2.12. The molecule has 0 spiro atoms. The first-order chi connectivity index (χ1) is 9.63. The van der Waals surface area contributed by atoms with Gasteiger partial charge in [0.25, 0.3) is 5.88 Å². The van der Waals surface area contributed by atoms with Crippen LogP contribution in [0, 0.1) is 25.2 Å². The second kappa shape index (κ2) is 6.02. The Morgan fingerprint density at radius 1 is 1.25 bits per heavy atom. The minimum absolute atomic E-state index is 0.283. The third-order valence-corrected chi connectivity index (χ3v) is 3.20. The molecule has 0 radical (unpaired) electrons. The summed E-state index contributed by atoms with van der Waals surface area (Å²) in [4.78, 5) is 0. The summed E-state index contributed by atoms with van der Waals surface area (Å²) in [6.45, 7) is 4.06. The Morgan fingerprint density at radius 2 is 2.00 bits per heavy atom. The van der Waals surface area contributed by atoms with Crippen LogP contribution in [-0.4, -0.2) is 16.8 Å². The Labute approximate surface area is 118 Å². The first-order valence-corrected chi connectivity index (χ1v) is 6.33. The highest BCUT2D eigenvalue weighted by atomic mass is 16.5. The van der Waals surface area contributed by atoms with Gasteiger partial charge in [-0.3, -0.25) is 0 Å². The normalized spacial score (nSPS) is 10.1. The first kappa shape index (κ1) is 13.8. The average Bonchev–Trinajstić information content (AvgIpc) is 2.45. The molecule has 5 nitrogen and oxygen atoms in total. The molecule has 0 aliphatic carbocycles. The number of hydrogen-bond donors (Lipinski definition) is 1. The smallest absolute Gasteiger partial charge is 0.251 e. The molecule has 2 N–H and O–H groups in total. The van der Waals surface area contributed by atoms with Gasteiger partial charge < -0.3 is 10.5 Å². The number of rotatable bonds is 4. The van der Waals surface area contributed by atoms with E-state index in [9.17, 15) is 0 Å². The molecule has 0 saturated heterocycles. The lowest BCUT2D eigenvalue weighted by atomic mass is 10.1. The van der Waals surface area contributed by atoms with Gasteiger partial charge in [0.15, 0.2) is 0 Å². The van der Waals surface area contributed by atoms with Crippen LogP contribution < -0.4 is 10.5 Å². The van der Waals surface area contributed by atoms with Gasteiger partial charge >= 0.3 is 0 Å². The minimum atomic E-state index is 0.283. The standard InChI is InChI=1S/C15H16N4O/c1-10-11(2)18-19-15(13(10)9-16)20-8-7-12-5-3-4-6-14(12)17/h3-6H,7-8,17H2,1-2H3. The van der Waals surface area contributed by atoms with Crippen molar-refractivity contribution >= 4 is 5.69 Å².